The molecule has 0 saturated heterocycles. The van der Waals surface area contributed by atoms with Gasteiger partial charge in [-0.3, -0.25) is 0 Å². The zero-order chi connectivity index (χ0) is 13.8. The Kier molecular flexibility index (Phi) is 4.77. The second kappa shape index (κ2) is 5.90. The van der Waals surface area contributed by atoms with Gasteiger partial charge in [0.1, 0.15) is 5.82 Å². The first-order valence-corrected chi connectivity index (χ1v) is 5.52. The lowest BCUT2D eigenvalue weighted by atomic mass is 10.2. The normalized spacial score (nSPS) is 11.9. The first kappa shape index (κ1) is 14.6. The Balaban J connectivity index is 2.64. The Morgan fingerprint density at radius 2 is 2.06 bits per heavy atom. The highest BCUT2D eigenvalue weighted by Gasteiger charge is 2.31. The molecule has 0 radical (unpaired) electrons. The topological polar surface area (TPSA) is 54.2 Å². The molecular formula is C11H17F3N4. The van der Waals surface area contributed by atoms with Crippen LogP contribution in [0, 0.1) is 0 Å². The van der Waals surface area contributed by atoms with Gasteiger partial charge in [0.05, 0.1) is 11.3 Å². The average Bonchev–Trinajstić information content (AvgIpc) is 2.24. The number of nitrogens with zero attached hydrogens (tertiary/aromatic N) is 2. The molecule has 18 heavy (non-hydrogen) atoms. The molecule has 3 N–H and O–H groups in total. The maximum atomic E-state index is 12.5. The summed E-state index contributed by atoms with van der Waals surface area (Å²) in [6.07, 6.45) is -2.86. The van der Waals surface area contributed by atoms with Gasteiger partial charge in [-0.15, -0.1) is 0 Å². The number of anilines is 2. The van der Waals surface area contributed by atoms with Crippen LogP contribution < -0.4 is 11.1 Å². The van der Waals surface area contributed by atoms with Crippen molar-refractivity contribution in [1.82, 2.24) is 9.88 Å². The highest BCUT2D eigenvalue weighted by Crippen LogP contribution is 2.31. The third-order valence-corrected chi connectivity index (χ3v) is 2.34. The predicted octanol–water partition coefficient (Wildman–Crippen LogP) is 2.05. The SMILES string of the molecule is CN(C)CCCNc1cc(C(F)(F)F)cnc1N. The Morgan fingerprint density at radius 3 is 2.61 bits per heavy atom. The van der Waals surface area contributed by atoms with E-state index in [9.17, 15) is 13.2 Å². The quantitative estimate of drug-likeness (QED) is 0.797. The average molecular weight is 262 g/mol. The van der Waals surface area contributed by atoms with Crippen molar-refractivity contribution < 1.29 is 13.2 Å². The Bertz CT molecular complexity index is 390. The van der Waals surface area contributed by atoms with Crippen molar-refractivity contribution in [2.45, 2.75) is 12.6 Å². The van der Waals surface area contributed by atoms with Crippen LogP contribution in [-0.2, 0) is 6.18 Å². The van der Waals surface area contributed by atoms with E-state index < -0.39 is 11.7 Å². The number of aromatic nitrogens is 1. The molecule has 0 atom stereocenters. The molecule has 1 rings (SSSR count). The minimum Gasteiger partial charge on any atom is -0.382 e. The molecule has 0 aliphatic heterocycles. The number of hydrogen-bond donors (Lipinski definition) is 2. The number of rotatable bonds is 5. The summed E-state index contributed by atoms with van der Waals surface area (Å²) in [6, 6.07) is 0.984. The summed E-state index contributed by atoms with van der Waals surface area (Å²) in [6.45, 7) is 1.39. The maximum Gasteiger partial charge on any atom is 0.417 e. The van der Waals surface area contributed by atoms with E-state index in [4.69, 9.17) is 5.73 Å². The lowest BCUT2D eigenvalue weighted by molar-refractivity contribution is -0.137. The highest BCUT2D eigenvalue weighted by atomic mass is 19.4. The highest BCUT2D eigenvalue weighted by molar-refractivity contribution is 5.62. The lowest BCUT2D eigenvalue weighted by Crippen LogP contribution is -2.17. The minimum atomic E-state index is -4.40. The van der Waals surface area contributed by atoms with Crippen molar-refractivity contribution in [3.63, 3.8) is 0 Å². The molecule has 0 bridgehead atoms. The van der Waals surface area contributed by atoms with Gasteiger partial charge in [-0.05, 0) is 33.1 Å². The molecule has 0 aromatic carbocycles. The van der Waals surface area contributed by atoms with Crippen LogP contribution in [0.3, 0.4) is 0 Å². The van der Waals surface area contributed by atoms with E-state index in [0.717, 1.165) is 25.2 Å². The van der Waals surface area contributed by atoms with Crippen molar-refractivity contribution in [1.29, 1.82) is 0 Å². The Morgan fingerprint density at radius 1 is 1.39 bits per heavy atom. The molecule has 0 spiro atoms. The van der Waals surface area contributed by atoms with E-state index in [1.54, 1.807) is 0 Å². The summed E-state index contributed by atoms with van der Waals surface area (Å²) in [5.41, 5.74) is 4.95. The molecule has 102 valence electrons. The van der Waals surface area contributed by atoms with E-state index in [1.807, 2.05) is 19.0 Å². The summed E-state index contributed by atoms with van der Waals surface area (Å²) < 4.78 is 37.4. The van der Waals surface area contributed by atoms with Gasteiger partial charge in [-0.1, -0.05) is 0 Å². The number of nitrogen functional groups attached to an aromatic ring is 1. The second-order valence-corrected chi connectivity index (χ2v) is 4.24. The zero-order valence-corrected chi connectivity index (χ0v) is 10.4. The smallest absolute Gasteiger partial charge is 0.382 e. The van der Waals surface area contributed by atoms with Crippen LogP contribution in [-0.4, -0.2) is 37.1 Å². The monoisotopic (exact) mass is 262 g/mol. The third-order valence-electron chi connectivity index (χ3n) is 2.34. The summed E-state index contributed by atoms with van der Waals surface area (Å²) >= 11 is 0. The summed E-state index contributed by atoms with van der Waals surface area (Å²) in [7, 11) is 3.86. The molecular weight excluding hydrogens is 245 g/mol. The molecule has 1 aromatic heterocycles. The Hall–Kier alpha value is -1.50. The number of alkyl halides is 3. The minimum absolute atomic E-state index is 0.0767. The molecule has 0 aliphatic carbocycles. The van der Waals surface area contributed by atoms with E-state index in [1.165, 1.54) is 0 Å². The van der Waals surface area contributed by atoms with Crippen molar-refractivity contribution in [3.8, 4) is 0 Å². The van der Waals surface area contributed by atoms with Crippen LogP contribution in [0.5, 0.6) is 0 Å². The van der Waals surface area contributed by atoms with Crippen molar-refractivity contribution in [2.24, 2.45) is 0 Å². The number of halogens is 3. The molecule has 0 amide bonds. The van der Waals surface area contributed by atoms with Crippen molar-refractivity contribution in [2.75, 3.05) is 38.2 Å². The van der Waals surface area contributed by atoms with Gasteiger partial charge in [0, 0.05) is 12.7 Å². The fourth-order valence-corrected chi connectivity index (χ4v) is 1.39. The van der Waals surface area contributed by atoms with Gasteiger partial charge in [0.2, 0.25) is 0 Å². The van der Waals surface area contributed by atoms with Crippen LogP contribution in [0.15, 0.2) is 12.3 Å². The summed E-state index contributed by atoms with van der Waals surface area (Å²) in [5, 5.41) is 2.87. The number of pyridine rings is 1. The van der Waals surface area contributed by atoms with Crippen LogP contribution in [0.1, 0.15) is 12.0 Å². The molecule has 1 heterocycles. The molecule has 0 aliphatic rings. The first-order valence-electron chi connectivity index (χ1n) is 5.52. The summed E-state index contributed by atoms with van der Waals surface area (Å²) in [4.78, 5) is 5.54. The fraction of sp³-hybridized carbons (Fsp3) is 0.545. The molecule has 7 heteroatoms. The van der Waals surface area contributed by atoms with Gasteiger partial charge in [-0.25, -0.2) is 4.98 Å². The molecule has 0 saturated carbocycles. The zero-order valence-electron chi connectivity index (χ0n) is 10.4. The third kappa shape index (κ3) is 4.40. The van der Waals surface area contributed by atoms with Crippen LogP contribution in [0.4, 0.5) is 24.7 Å². The van der Waals surface area contributed by atoms with Crippen LogP contribution in [0.2, 0.25) is 0 Å². The maximum absolute atomic E-state index is 12.5. The van der Waals surface area contributed by atoms with Gasteiger partial charge in [0.25, 0.3) is 0 Å². The van der Waals surface area contributed by atoms with Gasteiger partial charge < -0.3 is 16.0 Å². The standard InChI is InChI=1S/C11H17F3N4/c1-18(2)5-3-4-16-9-6-8(11(12,13)14)7-17-10(9)15/h6-7,16H,3-5H2,1-2H3,(H2,15,17). The number of nitrogens with one attached hydrogen (secondary N) is 1. The van der Waals surface area contributed by atoms with Crippen LogP contribution >= 0.6 is 0 Å². The molecule has 0 unspecified atom stereocenters. The van der Waals surface area contributed by atoms with Crippen molar-refractivity contribution in [3.05, 3.63) is 17.8 Å². The molecule has 1 aromatic rings. The largest absolute Gasteiger partial charge is 0.417 e. The predicted molar refractivity (Wildman–Crippen MR) is 65.3 cm³/mol. The fourth-order valence-electron chi connectivity index (χ4n) is 1.39. The van der Waals surface area contributed by atoms with Gasteiger partial charge >= 0.3 is 6.18 Å². The second-order valence-electron chi connectivity index (χ2n) is 4.24. The summed E-state index contributed by atoms with van der Waals surface area (Å²) in [5.74, 6) is 0.0767. The molecule has 4 nitrogen and oxygen atoms in total. The van der Waals surface area contributed by atoms with E-state index in [2.05, 4.69) is 10.3 Å². The van der Waals surface area contributed by atoms with Gasteiger partial charge in [-0.2, -0.15) is 13.2 Å². The molecule has 0 fully saturated rings. The lowest BCUT2D eigenvalue weighted by Gasteiger charge is -2.13. The first-order chi connectivity index (χ1) is 8.30. The number of hydrogen-bond acceptors (Lipinski definition) is 4. The van der Waals surface area contributed by atoms with E-state index in [-0.39, 0.29) is 11.5 Å². The van der Waals surface area contributed by atoms with Crippen LogP contribution in [0.25, 0.3) is 0 Å². The number of nitrogens with two attached hydrogens (primary N) is 1. The van der Waals surface area contributed by atoms with E-state index in [0.29, 0.717) is 6.54 Å². The van der Waals surface area contributed by atoms with Crippen molar-refractivity contribution >= 4 is 11.5 Å². The van der Waals surface area contributed by atoms with Gasteiger partial charge in [0.15, 0.2) is 0 Å². The Labute approximate surface area is 104 Å². The van der Waals surface area contributed by atoms with E-state index >= 15 is 0 Å².